The Morgan fingerprint density at radius 1 is 1.16 bits per heavy atom. The minimum Gasteiger partial charge on any atom is -0.491 e. The summed E-state index contributed by atoms with van der Waals surface area (Å²) in [6, 6.07) is 7.61. The molecule has 0 spiro atoms. The molecular weight excluding hydrogens is 323 g/mol. The second kappa shape index (κ2) is 8.62. The molecule has 0 amide bonds. The summed E-state index contributed by atoms with van der Waals surface area (Å²) in [6.45, 7) is 2.45. The van der Waals surface area contributed by atoms with Gasteiger partial charge in [-0.15, -0.1) is 0 Å². The van der Waals surface area contributed by atoms with Crippen molar-refractivity contribution < 1.29 is 14.2 Å². The van der Waals surface area contributed by atoms with Gasteiger partial charge in [-0.05, 0) is 43.5 Å². The summed E-state index contributed by atoms with van der Waals surface area (Å²) >= 11 is 0. The quantitative estimate of drug-likeness (QED) is 0.803. The van der Waals surface area contributed by atoms with Crippen molar-refractivity contribution >= 4 is 11.6 Å². The summed E-state index contributed by atoms with van der Waals surface area (Å²) in [5.41, 5.74) is 0. The number of benzene rings is 1. The third kappa shape index (κ3) is 5.29. The van der Waals surface area contributed by atoms with Gasteiger partial charge in [-0.25, -0.2) is 14.4 Å². The van der Waals surface area contributed by atoms with Crippen LogP contribution in [0.1, 0.15) is 19.3 Å². The highest BCUT2D eigenvalue weighted by Gasteiger charge is 2.13. The van der Waals surface area contributed by atoms with Gasteiger partial charge in [0.05, 0.1) is 0 Å². The van der Waals surface area contributed by atoms with Gasteiger partial charge in [0, 0.05) is 25.7 Å². The van der Waals surface area contributed by atoms with Gasteiger partial charge in [0.1, 0.15) is 42.2 Å². The Morgan fingerprint density at radius 2 is 1.92 bits per heavy atom. The maximum atomic E-state index is 12.8. The average molecular weight is 346 g/mol. The van der Waals surface area contributed by atoms with E-state index in [1.54, 1.807) is 0 Å². The van der Waals surface area contributed by atoms with Crippen LogP contribution in [0.5, 0.6) is 5.75 Å². The monoisotopic (exact) mass is 346 g/mol. The van der Waals surface area contributed by atoms with E-state index in [2.05, 4.69) is 20.2 Å². The number of aliphatic hydroxyl groups is 1. The second-order valence-electron chi connectivity index (χ2n) is 6.11. The number of aliphatic hydroxyl groups excluding tert-OH is 1. The van der Waals surface area contributed by atoms with Crippen LogP contribution in [0.15, 0.2) is 36.7 Å². The highest BCUT2D eigenvalue weighted by atomic mass is 19.1. The van der Waals surface area contributed by atoms with Crippen molar-refractivity contribution in [3.05, 3.63) is 42.5 Å². The molecule has 134 valence electrons. The highest BCUT2D eigenvalue weighted by molar-refractivity contribution is 5.48. The lowest BCUT2D eigenvalue weighted by atomic mass is 10.1. The Balaban J connectivity index is 1.46. The number of anilines is 2. The Bertz CT molecular complexity index is 662. The van der Waals surface area contributed by atoms with Gasteiger partial charge in [0.25, 0.3) is 0 Å². The fourth-order valence-corrected chi connectivity index (χ4v) is 2.74. The lowest BCUT2D eigenvalue weighted by Gasteiger charge is -2.27. The van der Waals surface area contributed by atoms with Crippen LogP contribution in [0.3, 0.4) is 0 Å². The molecule has 2 aromatic rings. The van der Waals surface area contributed by atoms with Crippen molar-refractivity contribution in [2.75, 3.05) is 36.5 Å². The van der Waals surface area contributed by atoms with Gasteiger partial charge in [-0.3, -0.25) is 0 Å². The van der Waals surface area contributed by atoms with E-state index < -0.39 is 6.10 Å². The molecule has 1 aromatic carbocycles. The number of rotatable bonds is 7. The van der Waals surface area contributed by atoms with E-state index in [9.17, 15) is 9.50 Å². The molecule has 0 saturated carbocycles. The van der Waals surface area contributed by atoms with Crippen LogP contribution in [0.4, 0.5) is 16.0 Å². The number of aromatic nitrogens is 2. The number of hydrogen-bond donors (Lipinski definition) is 2. The zero-order chi connectivity index (χ0) is 17.5. The predicted octanol–water partition coefficient (Wildman–Crippen LogP) is 2.46. The summed E-state index contributed by atoms with van der Waals surface area (Å²) < 4.78 is 18.3. The zero-order valence-electron chi connectivity index (χ0n) is 14.1. The maximum absolute atomic E-state index is 12.8. The molecule has 1 aliphatic heterocycles. The van der Waals surface area contributed by atoms with E-state index in [-0.39, 0.29) is 12.4 Å². The molecule has 25 heavy (non-hydrogen) atoms. The summed E-state index contributed by atoms with van der Waals surface area (Å²) in [7, 11) is 0. The van der Waals surface area contributed by atoms with Crippen molar-refractivity contribution in [1.82, 2.24) is 9.97 Å². The molecule has 1 aliphatic rings. The van der Waals surface area contributed by atoms with E-state index in [1.165, 1.54) is 49.9 Å². The van der Waals surface area contributed by atoms with Crippen molar-refractivity contribution in [2.45, 2.75) is 25.4 Å². The van der Waals surface area contributed by atoms with E-state index in [0.29, 0.717) is 18.1 Å². The molecule has 7 heteroatoms. The van der Waals surface area contributed by atoms with Gasteiger partial charge in [-0.2, -0.15) is 0 Å². The number of nitrogens with zero attached hydrogens (tertiary/aromatic N) is 3. The molecule has 1 saturated heterocycles. The van der Waals surface area contributed by atoms with Crippen LogP contribution in [-0.4, -0.2) is 47.4 Å². The van der Waals surface area contributed by atoms with Gasteiger partial charge >= 0.3 is 0 Å². The highest BCUT2D eigenvalue weighted by Crippen LogP contribution is 2.19. The van der Waals surface area contributed by atoms with E-state index in [1.807, 2.05) is 6.07 Å². The van der Waals surface area contributed by atoms with E-state index in [4.69, 9.17) is 4.74 Å². The average Bonchev–Trinajstić information content (AvgIpc) is 2.67. The Kier molecular flexibility index (Phi) is 6.00. The predicted molar refractivity (Wildman–Crippen MR) is 94.5 cm³/mol. The molecule has 1 atom stereocenters. The zero-order valence-corrected chi connectivity index (χ0v) is 14.1. The molecular formula is C18H23FN4O2. The summed E-state index contributed by atoms with van der Waals surface area (Å²) in [4.78, 5) is 10.8. The molecule has 2 N–H and O–H groups in total. The van der Waals surface area contributed by atoms with Gasteiger partial charge in [-0.1, -0.05) is 0 Å². The normalized spacial score (nSPS) is 15.7. The fourth-order valence-electron chi connectivity index (χ4n) is 2.74. The number of halogens is 1. The minimum atomic E-state index is -0.710. The van der Waals surface area contributed by atoms with Gasteiger partial charge in [0.2, 0.25) is 0 Å². The molecule has 2 heterocycles. The molecule has 0 bridgehead atoms. The molecule has 0 radical (unpaired) electrons. The molecule has 3 rings (SSSR count). The number of ether oxygens (including phenoxy) is 1. The van der Waals surface area contributed by atoms with Crippen LogP contribution >= 0.6 is 0 Å². The van der Waals surface area contributed by atoms with Crippen LogP contribution in [0.25, 0.3) is 0 Å². The first-order valence-electron chi connectivity index (χ1n) is 8.58. The van der Waals surface area contributed by atoms with Crippen LogP contribution < -0.4 is 15.0 Å². The maximum Gasteiger partial charge on any atom is 0.134 e. The van der Waals surface area contributed by atoms with Crippen molar-refractivity contribution in [1.29, 1.82) is 0 Å². The van der Waals surface area contributed by atoms with Crippen molar-refractivity contribution in [2.24, 2.45) is 0 Å². The number of hydrogen-bond acceptors (Lipinski definition) is 6. The Morgan fingerprint density at radius 3 is 2.68 bits per heavy atom. The first-order chi connectivity index (χ1) is 12.2. The minimum absolute atomic E-state index is 0.114. The standard InChI is InChI=1S/C18H23FN4O2/c19-14-4-6-16(7-5-14)25-12-15(24)11-20-17-10-18(22-13-21-17)23-8-2-1-3-9-23/h4-7,10,13,15,24H,1-3,8-9,11-12H2,(H,20,21,22). The number of piperidine rings is 1. The first kappa shape index (κ1) is 17.4. The van der Waals surface area contributed by atoms with Crippen LogP contribution in [0, 0.1) is 5.82 Å². The SMILES string of the molecule is OC(CNc1cc(N2CCCCC2)ncn1)COc1ccc(F)cc1. The van der Waals surface area contributed by atoms with Crippen LogP contribution in [0.2, 0.25) is 0 Å². The third-order valence-electron chi connectivity index (χ3n) is 4.11. The molecule has 1 fully saturated rings. The first-order valence-corrected chi connectivity index (χ1v) is 8.58. The largest absolute Gasteiger partial charge is 0.491 e. The van der Waals surface area contributed by atoms with Crippen LogP contribution in [-0.2, 0) is 0 Å². The Hall–Kier alpha value is -2.41. The fraction of sp³-hybridized carbons (Fsp3) is 0.444. The molecule has 0 aliphatic carbocycles. The third-order valence-corrected chi connectivity index (χ3v) is 4.11. The lowest BCUT2D eigenvalue weighted by molar-refractivity contribution is 0.117. The topological polar surface area (TPSA) is 70.5 Å². The molecule has 1 unspecified atom stereocenters. The van der Waals surface area contributed by atoms with Gasteiger partial charge in [0.15, 0.2) is 0 Å². The Labute approximate surface area is 146 Å². The second-order valence-corrected chi connectivity index (χ2v) is 6.11. The number of nitrogens with one attached hydrogen (secondary N) is 1. The van der Waals surface area contributed by atoms with Crippen molar-refractivity contribution in [3.63, 3.8) is 0 Å². The van der Waals surface area contributed by atoms with Crippen molar-refractivity contribution in [3.8, 4) is 5.75 Å². The van der Waals surface area contributed by atoms with E-state index in [0.717, 1.165) is 18.9 Å². The summed E-state index contributed by atoms with van der Waals surface area (Å²) in [5.74, 6) is 1.79. The van der Waals surface area contributed by atoms with Gasteiger partial charge < -0.3 is 20.1 Å². The summed E-state index contributed by atoms with van der Waals surface area (Å²) in [6.07, 6.45) is 4.47. The summed E-state index contributed by atoms with van der Waals surface area (Å²) in [5, 5.41) is 13.1. The molecule has 6 nitrogen and oxygen atoms in total. The van der Waals surface area contributed by atoms with E-state index >= 15 is 0 Å². The molecule has 1 aromatic heterocycles. The smallest absolute Gasteiger partial charge is 0.134 e. The lowest BCUT2D eigenvalue weighted by Crippen LogP contribution is -2.30.